The normalized spacial score (nSPS) is 14.3. The molecule has 18 heavy (non-hydrogen) atoms. The monoisotopic (exact) mass is 245 g/mol. The first-order valence-corrected chi connectivity index (χ1v) is 5.57. The fraction of sp³-hybridized carbons (Fsp3) is 0.273. The Labute approximate surface area is 102 Å². The van der Waals surface area contributed by atoms with Gasteiger partial charge in [0.05, 0.1) is 0 Å². The molecule has 0 saturated carbocycles. The molecule has 2 aromatic rings. The SMILES string of the molecule is O=C(c1nn[nH]n1)N1CCc2ccc(O)cc2C1. The van der Waals surface area contributed by atoms with Gasteiger partial charge in [0.1, 0.15) is 5.75 Å². The van der Waals surface area contributed by atoms with Crippen LogP contribution in [-0.4, -0.2) is 43.1 Å². The summed E-state index contributed by atoms with van der Waals surface area (Å²) in [6.45, 7) is 1.07. The van der Waals surface area contributed by atoms with Gasteiger partial charge in [0.25, 0.3) is 11.7 Å². The minimum atomic E-state index is -0.252. The molecule has 1 aromatic carbocycles. The summed E-state index contributed by atoms with van der Waals surface area (Å²) in [5, 5.41) is 22.4. The largest absolute Gasteiger partial charge is 0.508 e. The second-order valence-electron chi connectivity index (χ2n) is 4.17. The van der Waals surface area contributed by atoms with Crippen molar-refractivity contribution in [1.82, 2.24) is 25.5 Å². The Balaban J connectivity index is 1.84. The zero-order valence-electron chi connectivity index (χ0n) is 9.50. The Morgan fingerprint density at radius 2 is 2.28 bits per heavy atom. The van der Waals surface area contributed by atoms with Crippen molar-refractivity contribution in [2.45, 2.75) is 13.0 Å². The highest BCUT2D eigenvalue weighted by Gasteiger charge is 2.24. The molecule has 0 spiro atoms. The first-order valence-electron chi connectivity index (χ1n) is 5.57. The van der Waals surface area contributed by atoms with Crippen LogP contribution in [0.3, 0.4) is 0 Å². The number of aromatic amines is 1. The number of tetrazole rings is 1. The van der Waals surface area contributed by atoms with E-state index in [1.165, 1.54) is 0 Å². The summed E-state index contributed by atoms with van der Waals surface area (Å²) >= 11 is 0. The summed E-state index contributed by atoms with van der Waals surface area (Å²) in [5.41, 5.74) is 2.11. The molecule has 2 N–H and O–H groups in total. The van der Waals surface area contributed by atoms with E-state index in [1.54, 1.807) is 17.0 Å². The minimum absolute atomic E-state index is 0.0682. The average molecular weight is 245 g/mol. The molecule has 0 aliphatic carbocycles. The Kier molecular flexibility index (Phi) is 2.44. The number of rotatable bonds is 1. The number of phenols is 1. The number of aromatic hydroxyl groups is 1. The van der Waals surface area contributed by atoms with Gasteiger partial charge in [-0.2, -0.15) is 5.21 Å². The molecule has 7 heteroatoms. The van der Waals surface area contributed by atoms with Crippen molar-refractivity contribution in [2.24, 2.45) is 0 Å². The van der Waals surface area contributed by atoms with Crippen LogP contribution in [0.15, 0.2) is 18.2 Å². The quantitative estimate of drug-likeness (QED) is 0.743. The molecule has 2 heterocycles. The first-order chi connectivity index (χ1) is 8.74. The highest BCUT2D eigenvalue weighted by molar-refractivity contribution is 5.90. The summed E-state index contributed by atoms with van der Waals surface area (Å²) in [7, 11) is 0. The van der Waals surface area contributed by atoms with Crippen LogP contribution in [0.4, 0.5) is 0 Å². The van der Waals surface area contributed by atoms with Gasteiger partial charge in [-0.1, -0.05) is 6.07 Å². The summed E-state index contributed by atoms with van der Waals surface area (Å²) in [4.78, 5) is 13.7. The van der Waals surface area contributed by atoms with E-state index in [1.807, 2.05) is 6.07 Å². The summed E-state index contributed by atoms with van der Waals surface area (Å²) in [6.07, 6.45) is 0.763. The highest BCUT2D eigenvalue weighted by atomic mass is 16.3. The van der Waals surface area contributed by atoms with Gasteiger partial charge in [-0.05, 0) is 34.9 Å². The Hall–Kier alpha value is -2.44. The van der Waals surface area contributed by atoms with Gasteiger partial charge in [-0.25, -0.2) is 0 Å². The highest BCUT2D eigenvalue weighted by Crippen LogP contribution is 2.23. The number of fused-ring (bicyclic) bond motifs is 1. The number of hydrogen-bond acceptors (Lipinski definition) is 5. The van der Waals surface area contributed by atoms with E-state index in [0.717, 1.165) is 17.5 Å². The third-order valence-corrected chi connectivity index (χ3v) is 3.03. The molecule has 1 aliphatic rings. The van der Waals surface area contributed by atoms with Gasteiger partial charge >= 0.3 is 0 Å². The second kappa shape index (κ2) is 4.10. The number of phenolic OH excluding ortho intramolecular Hbond substituents is 1. The third kappa shape index (κ3) is 1.79. The topological polar surface area (TPSA) is 95.0 Å². The average Bonchev–Trinajstić information content (AvgIpc) is 2.90. The lowest BCUT2D eigenvalue weighted by atomic mass is 9.99. The van der Waals surface area contributed by atoms with Crippen molar-refractivity contribution in [3.05, 3.63) is 35.2 Å². The van der Waals surface area contributed by atoms with Crippen molar-refractivity contribution < 1.29 is 9.90 Å². The number of H-pyrrole nitrogens is 1. The predicted molar refractivity (Wildman–Crippen MR) is 60.7 cm³/mol. The van der Waals surface area contributed by atoms with Crippen LogP contribution in [0.5, 0.6) is 5.75 Å². The molecule has 7 nitrogen and oxygen atoms in total. The Morgan fingerprint density at radius 1 is 1.39 bits per heavy atom. The third-order valence-electron chi connectivity index (χ3n) is 3.03. The summed E-state index contributed by atoms with van der Waals surface area (Å²) in [6, 6.07) is 5.24. The van der Waals surface area contributed by atoms with E-state index >= 15 is 0 Å². The van der Waals surface area contributed by atoms with Crippen molar-refractivity contribution >= 4 is 5.91 Å². The van der Waals surface area contributed by atoms with Crippen LogP contribution < -0.4 is 0 Å². The molecule has 92 valence electrons. The number of amides is 1. The van der Waals surface area contributed by atoms with Crippen LogP contribution in [0.2, 0.25) is 0 Å². The van der Waals surface area contributed by atoms with Crippen LogP contribution >= 0.6 is 0 Å². The van der Waals surface area contributed by atoms with Gasteiger partial charge in [0.2, 0.25) is 0 Å². The van der Waals surface area contributed by atoms with Gasteiger partial charge < -0.3 is 10.0 Å². The van der Waals surface area contributed by atoms with Crippen LogP contribution in [0, 0.1) is 0 Å². The standard InChI is InChI=1S/C11H11N5O2/c17-9-2-1-7-3-4-16(6-8(7)5-9)11(18)10-12-14-15-13-10/h1-2,5,17H,3-4,6H2,(H,12,13,14,15). The maximum absolute atomic E-state index is 12.0. The predicted octanol–water partition coefficient (Wildman–Crippen LogP) is 0.104. The smallest absolute Gasteiger partial charge is 0.295 e. The fourth-order valence-electron chi connectivity index (χ4n) is 2.11. The lowest BCUT2D eigenvalue weighted by Crippen LogP contribution is -2.36. The lowest BCUT2D eigenvalue weighted by Gasteiger charge is -2.27. The van der Waals surface area contributed by atoms with E-state index in [9.17, 15) is 9.90 Å². The number of aromatic nitrogens is 4. The molecule has 0 bridgehead atoms. The van der Waals surface area contributed by atoms with E-state index in [4.69, 9.17) is 0 Å². The Morgan fingerprint density at radius 3 is 3.06 bits per heavy atom. The minimum Gasteiger partial charge on any atom is -0.508 e. The summed E-state index contributed by atoms with van der Waals surface area (Å²) < 4.78 is 0. The molecule has 0 radical (unpaired) electrons. The molecule has 0 saturated heterocycles. The van der Waals surface area contributed by atoms with Gasteiger partial charge in [-0.3, -0.25) is 4.79 Å². The second-order valence-corrected chi connectivity index (χ2v) is 4.17. The zero-order valence-corrected chi connectivity index (χ0v) is 9.50. The Bertz CT molecular complexity index is 581. The lowest BCUT2D eigenvalue weighted by molar-refractivity contribution is 0.0722. The van der Waals surface area contributed by atoms with E-state index < -0.39 is 0 Å². The van der Waals surface area contributed by atoms with Crippen LogP contribution in [-0.2, 0) is 13.0 Å². The summed E-state index contributed by atoms with van der Waals surface area (Å²) in [5.74, 6) is 0.0268. The number of benzene rings is 1. The molecular weight excluding hydrogens is 234 g/mol. The molecule has 0 atom stereocenters. The number of nitrogens with zero attached hydrogens (tertiary/aromatic N) is 4. The van der Waals surface area contributed by atoms with Crippen LogP contribution in [0.25, 0.3) is 0 Å². The van der Waals surface area contributed by atoms with Gasteiger partial charge in [0, 0.05) is 13.1 Å². The zero-order chi connectivity index (χ0) is 12.5. The number of hydrogen-bond donors (Lipinski definition) is 2. The molecule has 1 aromatic heterocycles. The first kappa shape index (κ1) is 10.7. The van der Waals surface area contributed by atoms with Crippen LogP contribution in [0.1, 0.15) is 21.7 Å². The molecule has 1 amide bonds. The van der Waals surface area contributed by atoms with E-state index in [2.05, 4.69) is 20.6 Å². The number of carbonyl (C=O) groups excluding carboxylic acids is 1. The van der Waals surface area contributed by atoms with Gasteiger partial charge in [-0.15, -0.1) is 10.2 Å². The van der Waals surface area contributed by atoms with Crippen molar-refractivity contribution in [1.29, 1.82) is 0 Å². The van der Waals surface area contributed by atoms with Crippen molar-refractivity contribution in [3.8, 4) is 5.75 Å². The van der Waals surface area contributed by atoms with Gasteiger partial charge in [0.15, 0.2) is 0 Å². The molecule has 0 fully saturated rings. The fourth-order valence-corrected chi connectivity index (χ4v) is 2.11. The molecule has 1 aliphatic heterocycles. The van der Waals surface area contributed by atoms with E-state index in [0.29, 0.717) is 13.1 Å². The molecule has 0 unspecified atom stereocenters. The van der Waals surface area contributed by atoms with Crippen molar-refractivity contribution in [2.75, 3.05) is 6.54 Å². The van der Waals surface area contributed by atoms with E-state index in [-0.39, 0.29) is 17.5 Å². The van der Waals surface area contributed by atoms with Crippen molar-refractivity contribution in [3.63, 3.8) is 0 Å². The number of nitrogens with one attached hydrogen (secondary N) is 1. The maximum atomic E-state index is 12.0. The number of carbonyl (C=O) groups is 1. The molecular formula is C11H11N5O2. The molecule has 3 rings (SSSR count). The maximum Gasteiger partial charge on any atom is 0.295 e.